The molecule has 0 fully saturated rings. The van der Waals surface area contributed by atoms with Crippen LogP contribution in [0.4, 0.5) is 16.2 Å². The lowest BCUT2D eigenvalue weighted by Crippen LogP contribution is -2.37. The number of nitro groups is 1. The lowest BCUT2D eigenvalue weighted by atomic mass is 9.98. The molecule has 0 radical (unpaired) electrons. The second-order valence-corrected chi connectivity index (χ2v) is 4.88. The third kappa shape index (κ3) is 4.65. The molecule has 8 heteroatoms. The van der Waals surface area contributed by atoms with E-state index in [4.69, 9.17) is 0 Å². The van der Waals surface area contributed by atoms with Gasteiger partial charge in [-0.15, -0.1) is 0 Å². The number of hydrogen-bond donors (Lipinski definition) is 1. The highest BCUT2D eigenvalue weighted by Crippen LogP contribution is 2.21. The zero-order valence-electron chi connectivity index (χ0n) is 12.2. The Hall–Kier alpha value is -2.77. The molecule has 1 rings (SSSR count). The van der Waals surface area contributed by atoms with E-state index in [1.807, 2.05) is 0 Å². The SMILES string of the molecule is CC(=O)CC(CN(C(=O)O)c1ccc([N+](=O)[O-])cc1)C(C)=O. The summed E-state index contributed by atoms with van der Waals surface area (Å²) in [5.74, 6) is -1.25. The van der Waals surface area contributed by atoms with E-state index in [1.54, 1.807) is 0 Å². The van der Waals surface area contributed by atoms with Crippen molar-refractivity contribution in [3.8, 4) is 0 Å². The minimum atomic E-state index is -1.30. The number of nitro benzene ring substituents is 1. The van der Waals surface area contributed by atoms with Crippen molar-refractivity contribution in [2.45, 2.75) is 20.3 Å². The second-order valence-electron chi connectivity index (χ2n) is 4.88. The number of Topliss-reactive ketones (excluding diaryl/α,β-unsaturated/α-hetero) is 2. The van der Waals surface area contributed by atoms with Gasteiger partial charge in [-0.2, -0.15) is 0 Å². The molecule has 1 aromatic carbocycles. The van der Waals surface area contributed by atoms with Gasteiger partial charge in [-0.05, 0) is 26.0 Å². The molecule has 8 nitrogen and oxygen atoms in total. The highest BCUT2D eigenvalue weighted by Gasteiger charge is 2.24. The molecule has 0 aromatic heterocycles. The van der Waals surface area contributed by atoms with Gasteiger partial charge in [-0.25, -0.2) is 4.79 Å². The van der Waals surface area contributed by atoms with Crippen molar-refractivity contribution in [2.24, 2.45) is 5.92 Å². The number of carbonyl (C=O) groups excluding carboxylic acids is 2. The van der Waals surface area contributed by atoms with E-state index >= 15 is 0 Å². The molecule has 22 heavy (non-hydrogen) atoms. The van der Waals surface area contributed by atoms with Crippen LogP contribution in [-0.4, -0.2) is 34.2 Å². The second kappa shape index (κ2) is 7.30. The quantitative estimate of drug-likeness (QED) is 0.609. The summed E-state index contributed by atoms with van der Waals surface area (Å²) in [4.78, 5) is 45.0. The lowest BCUT2D eigenvalue weighted by molar-refractivity contribution is -0.384. The van der Waals surface area contributed by atoms with Crippen molar-refractivity contribution in [1.82, 2.24) is 0 Å². The Balaban J connectivity index is 3.02. The van der Waals surface area contributed by atoms with E-state index in [0.717, 1.165) is 4.90 Å². The minimum absolute atomic E-state index is 0.0495. The van der Waals surface area contributed by atoms with Crippen molar-refractivity contribution in [2.75, 3.05) is 11.4 Å². The van der Waals surface area contributed by atoms with Gasteiger partial charge < -0.3 is 9.90 Å². The minimum Gasteiger partial charge on any atom is -0.465 e. The largest absolute Gasteiger partial charge is 0.465 e. The van der Waals surface area contributed by atoms with Crippen LogP contribution < -0.4 is 4.90 Å². The third-order valence-corrected chi connectivity index (χ3v) is 3.11. The first-order chi connectivity index (χ1) is 10.2. The molecule has 1 amide bonds. The van der Waals surface area contributed by atoms with Crippen molar-refractivity contribution in [1.29, 1.82) is 0 Å². The summed E-state index contributed by atoms with van der Waals surface area (Å²) < 4.78 is 0. The highest BCUT2D eigenvalue weighted by atomic mass is 16.6. The molecular formula is C14H16N2O6. The third-order valence-electron chi connectivity index (χ3n) is 3.11. The van der Waals surface area contributed by atoms with Gasteiger partial charge in [0.2, 0.25) is 0 Å². The molecule has 0 aliphatic rings. The molecular weight excluding hydrogens is 292 g/mol. The van der Waals surface area contributed by atoms with Gasteiger partial charge >= 0.3 is 6.09 Å². The van der Waals surface area contributed by atoms with E-state index in [1.165, 1.54) is 38.1 Å². The number of hydrogen-bond acceptors (Lipinski definition) is 5. The number of amides is 1. The van der Waals surface area contributed by atoms with Crippen molar-refractivity contribution in [3.05, 3.63) is 34.4 Å². The summed E-state index contributed by atoms with van der Waals surface area (Å²) in [6.07, 6.45) is -1.35. The summed E-state index contributed by atoms with van der Waals surface area (Å²) in [5, 5.41) is 19.9. The van der Waals surface area contributed by atoms with Gasteiger partial charge in [0.15, 0.2) is 0 Å². The molecule has 0 aliphatic carbocycles. The van der Waals surface area contributed by atoms with Gasteiger partial charge in [0.25, 0.3) is 5.69 Å². The zero-order valence-corrected chi connectivity index (χ0v) is 12.2. The zero-order chi connectivity index (χ0) is 16.9. The fraction of sp³-hybridized carbons (Fsp3) is 0.357. The van der Waals surface area contributed by atoms with Crippen LogP contribution in [0.15, 0.2) is 24.3 Å². The molecule has 118 valence electrons. The van der Waals surface area contributed by atoms with E-state index in [9.17, 15) is 29.6 Å². The molecule has 0 spiro atoms. The Bertz CT molecular complexity index is 596. The Morgan fingerprint density at radius 3 is 2.14 bits per heavy atom. The van der Waals surface area contributed by atoms with Crippen LogP contribution in [-0.2, 0) is 9.59 Å². The summed E-state index contributed by atoms with van der Waals surface area (Å²) >= 11 is 0. The van der Waals surface area contributed by atoms with Gasteiger partial charge in [0, 0.05) is 36.7 Å². The van der Waals surface area contributed by atoms with Crippen molar-refractivity contribution >= 4 is 29.0 Å². The average molecular weight is 308 g/mol. The first kappa shape index (κ1) is 17.3. The molecule has 0 aliphatic heterocycles. The standard InChI is InChI=1S/C14H16N2O6/c1-9(17)7-11(10(2)18)8-15(14(19)20)12-3-5-13(6-4-12)16(21)22/h3-6,11H,7-8H2,1-2H3,(H,19,20). The number of anilines is 1. The number of benzene rings is 1. The van der Waals surface area contributed by atoms with Crippen LogP contribution in [0.5, 0.6) is 0 Å². The maximum absolute atomic E-state index is 11.6. The van der Waals surface area contributed by atoms with Gasteiger partial charge in [-0.1, -0.05) is 0 Å². The maximum Gasteiger partial charge on any atom is 0.411 e. The van der Waals surface area contributed by atoms with Crippen LogP contribution in [0.1, 0.15) is 20.3 Å². The maximum atomic E-state index is 11.6. The summed E-state index contributed by atoms with van der Waals surface area (Å²) in [5.41, 5.74) is 0.0360. The molecule has 0 heterocycles. The van der Waals surface area contributed by atoms with E-state index in [0.29, 0.717) is 0 Å². The van der Waals surface area contributed by atoms with E-state index < -0.39 is 16.9 Å². The molecule has 0 saturated heterocycles. The number of carbonyl (C=O) groups is 3. The predicted octanol–water partition coefficient (Wildman–Crippen LogP) is 2.26. The monoisotopic (exact) mass is 308 g/mol. The van der Waals surface area contributed by atoms with Gasteiger partial charge in [-0.3, -0.25) is 19.8 Å². The van der Waals surface area contributed by atoms with Gasteiger partial charge in [0.1, 0.15) is 11.6 Å². The van der Waals surface area contributed by atoms with Crippen LogP contribution in [0.25, 0.3) is 0 Å². The normalized spacial score (nSPS) is 11.5. The van der Waals surface area contributed by atoms with Crippen LogP contribution in [0, 0.1) is 16.0 Å². The summed E-state index contributed by atoms with van der Waals surface area (Å²) in [7, 11) is 0. The summed E-state index contributed by atoms with van der Waals surface area (Å²) in [6.45, 7) is 2.44. The highest BCUT2D eigenvalue weighted by molar-refractivity contribution is 5.90. The first-order valence-corrected chi connectivity index (χ1v) is 6.47. The average Bonchev–Trinajstić information content (AvgIpc) is 2.42. The molecule has 1 N–H and O–H groups in total. The van der Waals surface area contributed by atoms with Crippen LogP contribution in [0.3, 0.4) is 0 Å². The topological polar surface area (TPSA) is 118 Å². The Labute approximate surface area is 126 Å². The molecule has 1 unspecified atom stereocenters. The molecule has 0 saturated carbocycles. The molecule has 1 aromatic rings. The first-order valence-electron chi connectivity index (χ1n) is 6.47. The van der Waals surface area contributed by atoms with Gasteiger partial charge in [0.05, 0.1) is 4.92 Å². The van der Waals surface area contributed by atoms with E-state index in [-0.39, 0.29) is 35.9 Å². The number of nitrogens with zero attached hydrogens (tertiary/aromatic N) is 2. The number of ketones is 2. The summed E-state index contributed by atoms with van der Waals surface area (Å²) in [6, 6.07) is 4.94. The fourth-order valence-corrected chi connectivity index (χ4v) is 1.95. The fourth-order valence-electron chi connectivity index (χ4n) is 1.95. The Morgan fingerprint density at radius 1 is 1.23 bits per heavy atom. The number of rotatable bonds is 7. The Morgan fingerprint density at radius 2 is 1.77 bits per heavy atom. The van der Waals surface area contributed by atoms with Crippen molar-refractivity contribution < 1.29 is 24.4 Å². The lowest BCUT2D eigenvalue weighted by Gasteiger charge is -2.23. The van der Waals surface area contributed by atoms with Crippen LogP contribution in [0.2, 0.25) is 0 Å². The van der Waals surface area contributed by atoms with Crippen molar-refractivity contribution in [3.63, 3.8) is 0 Å². The Kier molecular flexibility index (Phi) is 5.73. The number of carboxylic acid groups (broad SMARTS) is 1. The predicted molar refractivity (Wildman–Crippen MR) is 77.9 cm³/mol. The van der Waals surface area contributed by atoms with Crippen LogP contribution >= 0.6 is 0 Å². The molecule has 1 atom stereocenters. The smallest absolute Gasteiger partial charge is 0.411 e. The number of non-ortho nitro benzene ring substituents is 1. The molecule has 0 bridgehead atoms. The van der Waals surface area contributed by atoms with E-state index in [2.05, 4.69) is 0 Å².